The van der Waals surface area contributed by atoms with Crippen LogP contribution in [0, 0.1) is 11.8 Å². The number of halogens is 3. The van der Waals surface area contributed by atoms with Crippen LogP contribution in [0.3, 0.4) is 0 Å². The first-order valence-electron chi connectivity index (χ1n) is 14.2. The number of nitrogens with zero attached hydrogens (tertiary/aromatic N) is 2. The van der Waals surface area contributed by atoms with Crippen molar-refractivity contribution >= 4 is 12.0 Å². The summed E-state index contributed by atoms with van der Waals surface area (Å²) in [7, 11) is 2.70. The molecule has 2 amide bonds. The fourth-order valence-electron chi connectivity index (χ4n) is 7.07. The average Bonchev–Trinajstić information content (AvgIpc) is 3.54. The van der Waals surface area contributed by atoms with Gasteiger partial charge in [0.25, 0.3) is 0 Å². The van der Waals surface area contributed by atoms with Crippen LogP contribution >= 0.6 is 0 Å². The summed E-state index contributed by atoms with van der Waals surface area (Å²) in [5, 5.41) is 0. The van der Waals surface area contributed by atoms with Gasteiger partial charge in [-0.15, -0.1) is 0 Å². The van der Waals surface area contributed by atoms with E-state index in [4.69, 9.17) is 14.2 Å². The van der Waals surface area contributed by atoms with Crippen molar-refractivity contribution < 1.29 is 37.0 Å². The Morgan fingerprint density at radius 3 is 2.22 bits per heavy atom. The van der Waals surface area contributed by atoms with Crippen LogP contribution in [0.2, 0.25) is 0 Å². The van der Waals surface area contributed by atoms with E-state index in [1.165, 1.54) is 24.7 Å². The van der Waals surface area contributed by atoms with E-state index < -0.39 is 24.3 Å². The number of hydrogen-bond acceptors (Lipinski definition) is 5. The number of rotatable bonds is 8. The number of fused-ring (bicyclic) bond motifs is 2. The third-order valence-electron chi connectivity index (χ3n) is 9.05. The molecule has 1 heterocycles. The molecule has 0 radical (unpaired) electrons. The largest absolute Gasteiger partial charge is 0.497 e. The number of amides is 2. The number of benzene rings is 2. The number of likely N-dealkylation sites (tertiary alicyclic amines) is 1. The maximum Gasteiger partial charge on any atom is 0.471 e. The molecule has 222 valence electrons. The molecule has 3 aliphatic rings. The Labute approximate surface area is 238 Å². The number of carbonyl (C=O) groups is 2. The van der Waals surface area contributed by atoms with Crippen molar-refractivity contribution in [3.8, 4) is 5.75 Å². The Kier molecular flexibility index (Phi) is 8.77. The van der Waals surface area contributed by atoms with Gasteiger partial charge in [-0.25, -0.2) is 4.79 Å². The van der Waals surface area contributed by atoms with E-state index in [0.29, 0.717) is 36.7 Å². The van der Waals surface area contributed by atoms with Gasteiger partial charge in [0.05, 0.1) is 26.9 Å². The fraction of sp³-hybridized carbons (Fsp3) is 0.548. The molecule has 1 aliphatic heterocycles. The van der Waals surface area contributed by atoms with Gasteiger partial charge in [0.1, 0.15) is 11.9 Å². The van der Waals surface area contributed by atoms with Crippen LogP contribution in [0.5, 0.6) is 5.75 Å². The Balaban J connectivity index is 1.32. The molecule has 2 unspecified atom stereocenters. The summed E-state index contributed by atoms with van der Waals surface area (Å²) in [6.07, 6.45) is -1.79. The van der Waals surface area contributed by atoms with Crippen molar-refractivity contribution in [1.82, 2.24) is 9.80 Å². The Hall–Kier alpha value is -3.27. The lowest BCUT2D eigenvalue weighted by Gasteiger charge is -2.41. The van der Waals surface area contributed by atoms with E-state index in [2.05, 4.69) is 24.3 Å². The highest BCUT2D eigenvalue weighted by Crippen LogP contribution is 2.50. The molecule has 7 nitrogen and oxygen atoms in total. The van der Waals surface area contributed by atoms with Crippen LogP contribution in [-0.4, -0.2) is 67.1 Å². The van der Waals surface area contributed by atoms with Crippen LogP contribution in [0.1, 0.15) is 55.6 Å². The molecule has 0 spiro atoms. The minimum absolute atomic E-state index is 0.0622. The highest BCUT2D eigenvalue weighted by atomic mass is 19.4. The second-order valence-corrected chi connectivity index (χ2v) is 11.3. The maximum atomic E-state index is 13.9. The molecule has 2 aromatic rings. The number of alkyl halides is 3. The number of hydrogen-bond donors (Lipinski definition) is 0. The van der Waals surface area contributed by atoms with Gasteiger partial charge in [-0.05, 0) is 67.7 Å². The van der Waals surface area contributed by atoms with Crippen LogP contribution < -0.4 is 4.74 Å². The molecule has 2 aliphatic carbocycles. The Bertz CT molecular complexity index is 1180. The monoisotopic (exact) mass is 574 g/mol. The summed E-state index contributed by atoms with van der Waals surface area (Å²) in [6.45, 7) is 0.0252. The summed E-state index contributed by atoms with van der Waals surface area (Å²) < 4.78 is 58.2. The first kappa shape index (κ1) is 29.2. The molecule has 2 aromatic carbocycles. The van der Waals surface area contributed by atoms with Crippen molar-refractivity contribution in [3.63, 3.8) is 0 Å². The first-order chi connectivity index (χ1) is 19.7. The zero-order chi connectivity index (χ0) is 29.1. The zero-order valence-electron chi connectivity index (χ0n) is 23.4. The summed E-state index contributed by atoms with van der Waals surface area (Å²) in [6, 6.07) is 16.6. The fourth-order valence-corrected chi connectivity index (χ4v) is 7.07. The van der Waals surface area contributed by atoms with Gasteiger partial charge in [-0.2, -0.15) is 13.2 Å². The molecule has 2 bridgehead atoms. The quantitative estimate of drug-likeness (QED) is 0.379. The first-order valence-corrected chi connectivity index (χ1v) is 14.2. The predicted molar refractivity (Wildman–Crippen MR) is 145 cm³/mol. The third-order valence-corrected chi connectivity index (χ3v) is 9.05. The van der Waals surface area contributed by atoms with Crippen molar-refractivity contribution in [2.75, 3.05) is 20.8 Å². The number of piperidine rings is 1. The molecule has 0 N–H and O–H groups in total. The van der Waals surface area contributed by atoms with E-state index in [-0.39, 0.29) is 30.5 Å². The van der Waals surface area contributed by atoms with Crippen molar-refractivity contribution in [3.05, 3.63) is 65.7 Å². The summed E-state index contributed by atoms with van der Waals surface area (Å²) in [4.78, 5) is 28.0. The number of carbonyl (C=O) groups excluding carboxylic acids is 2. The minimum Gasteiger partial charge on any atom is -0.497 e. The van der Waals surface area contributed by atoms with Gasteiger partial charge in [0.2, 0.25) is 0 Å². The summed E-state index contributed by atoms with van der Waals surface area (Å²) >= 11 is 0. The van der Waals surface area contributed by atoms with Gasteiger partial charge in [0.15, 0.2) is 0 Å². The maximum absolute atomic E-state index is 13.9. The van der Waals surface area contributed by atoms with Gasteiger partial charge in [-0.1, -0.05) is 42.5 Å². The zero-order valence-corrected chi connectivity index (χ0v) is 23.4. The molecule has 5 rings (SSSR count). The van der Waals surface area contributed by atoms with E-state index in [0.717, 1.165) is 30.6 Å². The van der Waals surface area contributed by atoms with Crippen molar-refractivity contribution in [2.24, 2.45) is 11.8 Å². The van der Waals surface area contributed by atoms with E-state index in [1.54, 1.807) is 24.3 Å². The normalized spacial score (nSPS) is 27.5. The Morgan fingerprint density at radius 1 is 0.927 bits per heavy atom. The highest BCUT2D eigenvalue weighted by Gasteiger charge is 2.60. The van der Waals surface area contributed by atoms with Gasteiger partial charge in [-0.3, -0.25) is 9.69 Å². The molecular weight excluding hydrogens is 537 g/mol. The van der Waals surface area contributed by atoms with Gasteiger partial charge in [0, 0.05) is 24.4 Å². The highest BCUT2D eigenvalue weighted by molar-refractivity contribution is 5.83. The topological polar surface area (TPSA) is 68.3 Å². The molecule has 41 heavy (non-hydrogen) atoms. The Morgan fingerprint density at radius 2 is 1.61 bits per heavy atom. The second kappa shape index (κ2) is 12.3. The average molecular weight is 575 g/mol. The number of ether oxygens (including phenoxy) is 3. The summed E-state index contributed by atoms with van der Waals surface area (Å²) in [5.74, 6) is -1.47. The molecular formula is C31H37F3N2O5. The van der Waals surface area contributed by atoms with Crippen LogP contribution in [0.25, 0.3) is 0 Å². The summed E-state index contributed by atoms with van der Waals surface area (Å²) in [5.41, 5.74) is 1.83. The molecule has 0 aromatic heterocycles. The number of methoxy groups -OCH3 is 2. The van der Waals surface area contributed by atoms with E-state index in [9.17, 15) is 22.8 Å². The van der Waals surface area contributed by atoms with E-state index >= 15 is 0 Å². The lowest BCUT2D eigenvalue weighted by atomic mass is 9.83. The minimum atomic E-state index is -5.10. The molecule has 4 atom stereocenters. The molecule has 1 saturated heterocycles. The van der Waals surface area contributed by atoms with Crippen molar-refractivity contribution in [2.45, 2.75) is 75.5 Å². The van der Waals surface area contributed by atoms with Gasteiger partial charge >= 0.3 is 18.2 Å². The SMILES string of the molecule is COC(=O)N1C2CCC([C@H]2COC2CCC(c3ccccc3)CC2)[C@H]1N(Cc1ccc(OC)cc1)C(=O)C(F)(F)F. The van der Waals surface area contributed by atoms with Crippen LogP contribution in [0.4, 0.5) is 18.0 Å². The second-order valence-electron chi connectivity index (χ2n) is 11.3. The standard InChI is InChI=1S/C31H37F3N2O5/c1-39-23-12-8-20(9-13-23)18-35(29(37)31(32,33)34)28-25-16-17-27(36(28)30(38)40-2)26(25)19-41-24-14-10-22(11-15-24)21-6-4-3-5-7-21/h3-9,12-13,22,24-28H,10-11,14-19H2,1-2H3/t22?,24?,25?,26-,27?,28+/m1/s1. The van der Waals surface area contributed by atoms with E-state index in [1.807, 2.05) is 6.07 Å². The van der Waals surface area contributed by atoms with Crippen LogP contribution in [0.15, 0.2) is 54.6 Å². The van der Waals surface area contributed by atoms with Gasteiger partial charge < -0.3 is 19.1 Å². The predicted octanol–water partition coefficient (Wildman–Crippen LogP) is 6.13. The lowest BCUT2D eigenvalue weighted by molar-refractivity contribution is -0.193. The molecule has 2 saturated carbocycles. The van der Waals surface area contributed by atoms with Crippen LogP contribution in [-0.2, 0) is 20.8 Å². The third kappa shape index (κ3) is 6.17. The molecule has 10 heteroatoms. The van der Waals surface area contributed by atoms with Crippen molar-refractivity contribution in [1.29, 1.82) is 0 Å². The lowest BCUT2D eigenvalue weighted by Crippen LogP contribution is -2.58. The smallest absolute Gasteiger partial charge is 0.471 e. The molecule has 3 fully saturated rings.